The van der Waals surface area contributed by atoms with Gasteiger partial charge < -0.3 is 10.1 Å². The molecule has 1 heterocycles. The highest BCUT2D eigenvalue weighted by Crippen LogP contribution is 2.39. The number of ether oxygens (including phenoxy) is 1. The van der Waals surface area contributed by atoms with Crippen LogP contribution in [0.1, 0.15) is 54.7 Å². The van der Waals surface area contributed by atoms with E-state index < -0.39 is 0 Å². The Labute approximate surface area is 182 Å². The van der Waals surface area contributed by atoms with Crippen molar-refractivity contribution in [1.82, 2.24) is 0 Å². The number of rotatable bonds is 8. The van der Waals surface area contributed by atoms with Crippen LogP contribution in [-0.2, 0) is 14.3 Å². The molecule has 0 radical (unpaired) electrons. The summed E-state index contributed by atoms with van der Waals surface area (Å²) in [4.78, 5) is 22.8. The van der Waals surface area contributed by atoms with E-state index in [2.05, 4.69) is 44.3 Å². The van der Waals surface area contributed by atoms with Crippen LogP contribution in [0.4, 0.5) is 5.00 Å². The summed E-state index contributed by atoms with van der Waals surface area (Å²) in [7, 11) is 1.31. The molecule has 2 rings (SSSR count). The van der Waals surface area contributed by atoms with Crippen LogP contribution < -0.4 is 5.32 Å². The van der Waals surface area contributed by atoms with Gasteiger partial charge in [-0.15, -0.1) is 11.3 Å². The molecule has 0 bridgehead atoms. The Bertz CT molecular complexity index is 827. The highest BCUT2D eigenvalue weighted by molar-refractivity contribution is 7.16. The molecule has 0 saturated carbocycles. The number of hydrogen-bond acceptors (Lipinski definition) is 4. The summed E-state index contributed by atoms with van der Waals surface area (Å²) in [6.07, 6.45) is 2.79. The molecule has 1 N–H and O–H groups in total. The van der Waals surface area contributed by atoms with Crippen LogP contribution in [0, 0.1) is 19.8 Å². The first-order chi connectivity index (χ1) is 13.8. The van der Waals surface area contributed by atoms with Gasteiger partial charge in [-0.3, -0.25) is 9.59 Å². The van der Waals surface area contributed by atoms with Crippen LogP contribution in [0.2, 0.25) is 5.02 Å². The van der Waals surface area contributed by atoms with Gasteiger partial charge in [0, 0.05) is 21.4 Å². The van der Waals surface area contributed by atoms with Crippen molar-refractivity contribution in [2.24, 2.45) is 5.92 Å². The molecule has 6 heteroatoms. The molecule has 0 aliphatic rings. The molecule has 0 fully saturated rings. The summed E-state index contributed by atoms with van der Waals surface area (Å²) < 4.78 is 3.86. The fraction of sp³-hybridized carbons (Fsp3) is 0.391. The molecule has 1 amide bonds. The van der Waals surface area contributed by atoms with E-state index in [-0.39, 0.29) is 11.8 Å². The number of aryl methyl sites for hydroxylation is 1. The number of carbonyl (C=O) groups is 2. The summed E-state index contributed by atoms with van der Waals surface area (Å²) in [5, 5.41) is 4.76. The Balaban J connectivity index is 0.000000960. The standard InChI is InChI=1S/C21H26ClNOS.C2H4O2/c1-6-8-16(7-2)20(24)23-21-19(13(3)15(5)25-21)14(4)17-9-11-18(22)12-10-17;1-4-2-3/h9-12,16H,4,6-8H2,1-3,5H3,(H,23,24);2H,1H3. The maximum absolute atomic E-state index is 12.7. The Morgan fingerprint density at radius 1 is 1.28 bits per heavy atom. The van der Waals surface area contributed by atoms with Gasteiger partial charge in [-0.25, -0.2) is 0 Å². The fourth-order valence-corrected chi connectivity index (χ4v) is 4.17. The van der Waals surface area contributed by atoms with Crippen molar-refractivity contribution in [3.05, 3.63) is 57.4 Å². The minimum Gasteiger partial charge on any atom is -0.471 e. The van der Waals surface area contributed by atoms with Crippen LogP contribution in [0.5, 0.6) is 0 Å². The third-order valence-electron chi connectivity index (χ3n) is 4.71. The first-order valence-corrected chi connectivity index (χ1v) is 10.8. The fourth-order valence-electron chi connectivity index (χ4n) is 2.96. The van der Waals surface area contributed by atoms with E-state index in [1.807, 2.05) is 24.3 Å². The average Bonchev–Trinajstić information content (AvgIpc) is 2.99. The molecular formula is C23H30ClNO3S. The molecule has 0 aliphatic carbocycles. The van der Waals surface area contributed by atoms with Crippen LogP contribution in [0.25, 0.3) is 5.57 Å². The predicted molar refractivity (Wildman–Crippen MR) is 124 cm³/mol. The molecule has 0 spiro atoms. The average molecular weight is 436 g/mol. The summed E-state index contributed by atoms with van der Waals surface area (Å²) in [6, 6.07) is 7.66. The lowest BCUT2D eigenvalue weighted by Crippen LogP contribution is -2.22. The number of nitrogens with one attached hydrogen (secondary N) is 1. The van der Waals surface area contributed by atoms with Gasteiger partial charge in [0.15, 0.2) is 0 Å². The van der Waals surface area contributed by atoms with E-state index in [9.17, 15) is 4.79 Å². The number of carbonyl (C=O) groups excluding carboxylic acids is 2. The van der Waals surface area contributed by atoms with Gasteiger partial charge >= 0.3 is 0 Å². The zero-order valence-corrected chi connectivity index (χ0v) is 19.4. The van der Waals surface area contributed by atoms with Crippen molar-refractivity contribution in [2.75, 3.05) is 12.4 Å². The lowest BCUT2D eigenvalue weighted by molar-refractivity contribution is -0.126. The number of halogens is 1. The molecule has 1 unspecified atom stereocenters. The minimum absolute atomic E-state index is 0.0596. The van der Waals surface area contributed by atoms with Gasteiger partial charge in [0.05, 0.1) is 7.11 Å². The first kappa shape index (κ1) is 24.9. The number of thiophene rings is 1. The molecule has 158 valence electrons. The van der Waals surface area contributed by atoms with E-state index in [4.69, 9.17) is 16.4 Å². The molecule has 29 heavy (non-hydrogen) atoms. The van der Waals surface area contributed by atoms with Crippen molar-refractivity contribution < 1.29 is 14.3 Å². The predicted octanol–water partition coefficient (Wildman–Crippen LogP) is 6.63. The zero-order chi connectivity index (χ0) is 22.0. The second-order valence-corrected chi connectivity index (χ2v) is 8.35. The largest absolute Gasteiger partial charge is 0.471 e. The number of hydrogen-bond donors (Lipinski definition) is 1. The van der Waals surface area contributed by atoms with Crippen molar-refractivity contribution in [2.45, 2.75) is 47.0 Å². The second-order valence-electron chi connectivity index (χ2n) is 6.69. The molecule has 1 aromatic carbocycles. The molecule has 1 aromatic heterocycles. The van der Waals surface area contributed by atoms with E-state index in [1.165, 1.54) is 17.6 Å². The third-order valence-corrected chi connectivity index (χ3v) is 6.09. The highest BCUT2D eigenvalue weighted by Gasteiger charge is 2.21. The van der Waals surface area contributed by atoms with Crippen LogP contribution in [-0.4, -0.2) is 19.5 Å². The smallest absolute Gasteiger partial charge is 0.292 e. The molecule has 4 nitrogen and oxygen atoms in total. The molecule has 0 saturated heterocycles. The Hall–Kier alpha value is -2.11. The molecule has 2 aromatic rings. The van der Waals surface area contributed by atoms with Crippen LogP contribution >= 0.6 is 22.9 Å². The second kappa shape index (κ2) is 12.5. The van der Waals surface area contributed by atoms with Crippen molar-refractivity contribution in [3.63, 3.8) is 0 Å². The van der Waals surface area contributed by atoms with Crippen molar-refractivity contribution in [3.8, 4) is 0 Å². The SMILES string of the molecule is C=C(c1ccc(Cl)cc1)c1c(NC(=O)C(CC)CCC)sc(C)c1C.COC=O. The number of amides is 1. The Morgan fingerprint density at radius 3 is 2.34 bits per heavy atom. The van der Waals surface area contributed by atoms with E-state index in [0.717, 1.165) is 41.0 Å². The third kappa shape index (κ3) is 7.02. The van der Waals surface area contributed by atoms with Gasteiger partial charge in [0.2, 0.25) is 5.91 Å². The molecule has 1 atom stereocenters. The molecular weight excluding hydrogens is 406 g/mol. The Morgan fingerprint density at radius 2 is 1.86 bits per heavy atom. The van der Waals surface area contributed by atoms with Gasteiger partial charge in [0.25, 0.3) is 6.47 Å². The quantitative estimate of drug-likeness (QED) is 0.473. The van der Waals surface area contributed by atoms with Gasteiger partial charge in [-0.05, 0) is 55.5 Å². The van der Waals surface area contributed by atoms with E-state index in [0.29, 0.717) is 11.5 Å². The van der Waals surface area contributed by atoms with Crippen molar-refractivity contribution in [1.29, 1.82) is 0 Å². The number of anilines is 1. The van der Waals surface area contributed by atoms with Crippen LogP contribution in [0.15, 0.2) is 30.8 Å². The lowest BCUT2D eigenvalue weighted by Gasteiger charge is -2.15. The summed E-state index contributed by atoms with van der Waals surface area (Å²) in [6.45, 7) is 13.0. The van der Waals surface area contributed by atoms with Gasteiger partial charge in [-0.1, -0.05) is 50.6 Å². The Kier molecular flexibility index (Phi) is 10.7. The zero-order valence-electron chi connectivity index (χ0n) is 17.8. The molecule has 0 aliphatic heterocycles. The van der Waals surface area contributed by atoms with Crippen molar-refractivity contribution >= 4 is 45.9 Å². The first-order valence-electron chi connectivity index (χ1n) is 9.63. The van der Waals surface area contributed by atoms with Gasteiger partial charge in [0.1, 0.15) is 5.00 Å². The normalized spacial score (nSPS) is 11.1. The van der Waals surface area contributed by atoms with E-state index in [1.54, 1.807) is 11.3 Å². The van der Waals surface area contributed by atoms with E-state index >= 15 is 0 Å². The number of methoxy groups -OCH3 is 1. The topological polar surface area (TPSA) is 55.4 Å². The lowest BCUT2D eigenvalue weighted by atomic mass is 9.97. The van der Waals surface area contributed by atoms with Crippen LogP contribution in [0.3, 0.4) is 0 Å². The summed E-state index contributed by atoms with van der Waals surface area (Å²) >= 11 is 7.62. The minimum atomic E-state index is 0.0596. The highest BCUT2D eigenvalue weighted by atomic mass is 35.5. The number of benzene rings is 1. The summed E-state index contributed by atoms with van der Waals surface area (Å²) in [5.74, 6) is 0.167. The maximum Gasteiger partial charge on any atom is 0.292 e. The monoisotopic (exact) mass is 435 g/mol. The maximum atomic E-state index is 12.7. The van der Waals surface area contributed by atoms with Gasteiger partial charge in [-0.2, -0.15) is 0 Å². The summed E-state index contributed by atoms with van der Waals surface area (Å²) in [5.41, 5.74) is 4.13.